The number of fused-ring (bicyclic) bond motifs is 2. The van der Waals surface area contributed by atoms with Crippen molar-refractivity contribution in [1.82, 2.24) is 14.6 Å². The van der Waals surface area contributed by atoms with E-state index >= 15 is 0 Å². The fourth-order valence-corrected chi connectivity index (χ4v) is 5.13. The van der Waals surface area contributed by atoms with E-state index in [1.807, 2.05) is 6.92 Å². The van der Waals surface area contributed by atoms with Crippen molar-refractivity contribution >= 4 is 15.9 Å². The molecule has 2 fully saturated rings. The third-order valence-corrected chi connectivity index (χ3v) is 6.98. The third-order valence-electron chi connectivity index (χ3n) is 5.33. The molecule has 0 aliphatic carbocycles. The van der Waals surface area contributed by atoms with Crippen molar-refractivity contribution in [3.63, 3.8) is 0 Å². The minimum Gasteiger partial charge on any atom is -0.349 e. The highest BCUT2D eigenvalue weighted by atomic mass is 32.2. The maximum absolute atomic E-state index is 12.7. The summed E-state index contributed by atoms with van der Waals surface area (Å²) in [5, 5.41) is 6.61. The van der Waals surface area contributed by atoms with Gasteiger partial charge in [-0.3, -0.25) is 4.79 Å². The molecule has 2 aliphatic heterocycles. The second-order valence-electron chi connectivity index (χ2n) is 7.33. The number of aryl methyl sites for hydroxylation is 1. The average molecular weight is 373 g/mol. The molecule has 2 aliphatic rings. The second-order valence-corrected chi connectivity index (χ2v) is 9.17. The Labute approximate surface area is 153 Å². The van der Waals surface area contributed by atoms with Gasteiger partial charge in [-0.25, -0.2) is 12.4 Å². The van der Waals surface area contributed by atoms with Gasteiger partial charge in [0.25, 0.3) is 15.9 Å². The van der Waals surface area contributed by atoms with E-state index in [4.69, 9.17) is 0 Å². The van der Waals surface area contributed by atoms with Crippen LogP contribution in [0.4, 0.5) is 0 Å². The lowest BCUT2D eigenvalue weighted by molar-refractivity contribution is 0.0924. The van der Waals surface area contributed by atoms with Crippen LogP contribution in [0, 0.1) is 6.92 Å². The van der Waals surface area contributed by atoms with E-state index in [9.17, 15) is 13.2 Å². The van der Waals surface area contributed by atoms with Crippen LogP contribution in [-0.2, 0) is 10.0 Å². The smallest absolute Gasteiger partial charge is 0.267 e. The molecule has 138 valence electrons. The van der Waals surface area contributed by atoms with Crippen molar-refractivity contribution in [3.8, 4) is 0 Å². The van der Waals surface area contributed by atoms with Crippen molar-refractivity contribution in [2.24, 2.45) is 0 Å². The SMILES string of the molecule is Cc1ccc(S(=O)(=O)n2ccc(C(=O)NC3CC4CCC(C3)N4)c2)cc1. The summed E-state index contributed by atoms with van der Waals surface area (Å²) < 4.78 is 26.5. The standard InChI is InChI=1S/C19H23N3O3S/c1-13-2-6-18(7-3-13)26(24,25)22-9-8-14(12-22)19(23)21-17-10-15-4-5-16(11-17)20-15/h2-3,6-9,12,15-17,20H,4-5,10-11H2,1H3,(H,21,23). The number of rotatable bonds is 4. The molecule has 2 saturated heterocycles. The Morgan fingerprint density at radius 1 is 1.12 bits per heavy atom. The predicted octanol–water partition coefficient (Wildman–Crippen LogP) is 2.05. The minimum atomic E-state index is -3.68. The second kappa shape index (κ2) is 6.55. The number of hydrogen-bond donors (Lipinski definition) is 2. The fraction of sp³-hybridized carbons (Fsp3) is 0.421. The number of amides is 1. The molecule has 7 heteroatoms. The van der Waals surface area contributed by atoms with Gasteiger partial charge in [0.1, 0.15) is 0 Å². The first-order valence-corrected chi connectivity index (χ1v) is 10.4. The van der Waals surface area contributed by atoms with Crippen LogP contribution in [0.2, 0.25) is 0 Å². The Bertz CT molecular complexity index is 906. The van der Waals surface area contributed by atoms with Crippen LogP contribution in [0.5, 0.6) is 0 Å². The van der Waals surface area contributed by atoms with Gasteiger partial charge < -0.3 is 10.6 Å². The van der Waals surface area contributed by atoms with E-state index in [-0.39, 0.29) is 16.8 Å². The molecule has 0 saturated carbocycles. The van der Waals surface area contributed by atoms with Gasteiger partial charge in [-0.05, 0) is 50.8 Å². The number of nitrogens with zero attached hydrogens (tertiary/aromatic N) is 1. The first-order chi connectivity index (χ1) is 12.4. The maximum Gasteiger partial charge on any atom is 0.267 e. The van der Waals surface area contributed by atoms with E-state index in [0.717, 1.165) is 22.4 Å². The quantitative estimate of drug-likeness (QED) is 0.860. The molecule has 2 atom stereocenters. The van der Waals surface area contributed by atoms with E-state index in [1.165, 1.54) is 25.2 Å². The summed E-state index contributed by atoms with van der Waals surface area (Å²) in [6.45, 7) is 1.90. The summed E-state index contributed by atoms with van der Waals surface area (Å²) in [5.41, 5.74) is 1.36. The maximum atomic E-state index is 12.7. The van der Waals surface area contributed by atoms with E-state index in [1.54, 1.807) is 30.3 Å². The zero-order valence-electron chi connectivity index (χ0n) is 14.7. The Morgan fingerprint density at radius 2 is 1.77 bits per heavy atom. The van der Waals surface area contributed by atoms with Crippen LogP contribution in [0.3, 0.4) is 0 Å². The highest BCUT2D eigenvalue weighted by Crippen LogP contribution is 2.27. The topological polar surface area (TPSA) is 80.2 Å². The number of nitrogens with one attached hydrogen (secondary N) is 2. The number of benzene rings is 1. The lowest BCUT2D eigenvalue weighted by Crippen LogP contribution is -2.48. The van der Waals surface area contributed by atoms with Crippen molar-refractivity contribution in [3.05, 3.63) is 53.9 Å². The van der Waals surface area contributed by atoms with Crippen LogP contribution in [-0.4, -0.2) is 36.4 Å². The Hall–Kier alpha value is -2.12. The normalized spacial score (nSPS) is 25.2. The molecule has 0 radical (unpaired) electrons. The Kier molecular flexibility index (Phi) is 4.36. The van der Waals surface area contributed by atoms with Gasteiger partial charge in [0.15, 0.2) is 0 Å². The van der Waals surface area contributed by atoms with Crippen molar-refractivity contribution in [2.45, 2.75) is 55.6 Å². The Morgan fingerprint density at radius 3 is 2.42 bits per heavy atom. The molecule has 3 heterocycles. The van der Waals surface area contributed by atoms with Gasteiger partial charge in [-0.1, -0.05) is 17.7 Å². The molecule has 1 aromatic heterocycles. The molecule has 1 amide bonds. The molecule has 0 spiro atoms. The van der Waals surface area contributed by atoms with E-state index in [2.05, 4.69) is 10.6 Å². The summed E-state index contributed by atoms with van der Waals surface area (Å²) in [6, 6.07) is 9.36. The molecular formula is C19H23N3O3S. The molecule has 2 N–H and O–H groups in total. The zero-order chi connectivity index (χ0) is 18.3. The summed E-state index contributed by atoms with van der Waals surface area (Å²) in [4.78, 5) is 12.7. The number of piperidine rings is 1. The van der Waals surface area contributed by atoms with Gasteiger partial charge in [0.05, 0.1) is 10.5 Å². The van der Waals surface area contributed by atoms with Crippen LogP contribution < -0.4 is 10.6 Å². The summed E-state index contributed by atoms with van der Waals surface area (Å²) in [6.07, 6.45) is 7.02. The molecule has 1 aromatic carbocycles. The molecule has 2 aromatic rings. The molecule has 26 heavy (non-hydrogen) atoms. The largest absolute Gasteiger partial charge is 0.349 e. The lowest BCUT2D eigenvalue weighted by atomic mass is 9.99. The summed E-state index contributed by atoms with van der Waals surface area (Å²) >= 11 is 0. The van der Waals surface area contributed by atoms with Crippen LogP contribution in [0.25, 0.3) is 0 Å². The molecular weight excluding hydrogens is 350 g/mol. The molecule has 2 unspecified atom stereocenters. The monoisotopic (exact) mass is 373 g/mol. The first kappa shape index (κ1) is 17.3. The molecule has 2 bridgehead atoms. The van der Waals surface area contributed by atoms with Crippen LogP contribution in [0.1, 0.15) is 41.6 Å². The molecule has 4 rings (SSSR count). The lowest BCUT2D eigenvalue weighted by Gasteiger charge is -2.29. The third kappa shape index (κ3) is 3.29. The minimum absolute atomic E-state index is 0.151. The van der Waals surface area contributed by atoms with Crippen molar-refractivity contribution < 1.29 is 13.2 Å². The van der Waals surface area contributed by atoms with Gasteiger partial charge in [0.2, 0.25) is 0 Å². The van der Waals surface area contributed by atoms with Crippen LogP contribution in [0.15, 0.2) is 47.6 Å². The number of carbonyl (C=O) groups excluding carboxylic acids is 1. The van der Waals surface area contributed by atoms with Crippen molar-refractivity contribution in [2.75, 3.05) is 0 Å². The highest BCUT2D eigenvalue weighted by Gasteiger charge is 2.34. The van der Waals surface area contributed by atoms with Crippen LogP contribution >= 0.6 is 0 Å². The number of carbonyl (C=O) groups is 1. The van der Waals surface area contributed by atoms with E-state index < -0.39 is 10.0 Å². The zero-order valence-corrected chi connectivity index (χ0v) is 15.5. The van der Waals surface area contributed by atoms with Gasteiger partial charge in [-0.15, -0.1) is 0 Å². The highest BCUT2D eigenvalue weighted by molar-refractivity contribution is 7.90. The van der Waals surface area contributed by atoms with Crippen molar-refractivity contribution in [1.29, 1.82) is 0 Å². The summed E-state index contributed by atoms with van der Waals surface area (Å²) in [5.74, 6) is -0.214. The molecule has 6 nitrogen and oxygen atoms in total. The van der Waals surface area contributed by atoms with Gasteiger partial charge in [-0.2, -0.15) is 0 Å². The van der Waals surface area contributed by atoms with Gasteiger partial charge >= 0.3 is 0 Å². The Balaban J connectivity index is 1.48. The van der Waals surface area contributed by atoms with E-state index in [0.29, 0.717) is 17.6 Å². The first-order valence-electron chi connectivity index (χ1n) is 8.99. The number of aromatic nitrogens is 1. The predicted molar refractivity (Wildman–Crippen MR) is 98.6 cm³/mol. The number of hydrogen-bond acceptors (Lipinski definition) is 4. The van der Waals surface area contributed by atoms with Gasteiger partial charge in [0, 0.05) is 30.5 Å². The fourth-order valence-electron chi connectivity index (χ4n) is 3.94. The summed E-state index contributed by atoms with van der Waals surface area (Å²) in [7, 11) is -3.68. The average Bonchev–Trinajstić information content (AvgIpc) is 3.23.